The highest BCUT2D eigenvalue weighted by Crippen LogP contribution is 2.28. The molecule has 0 radical (unpaired) electrons. The Hall–Kier alpha value is -3.03. The van der Waals surface area contributed by atoms with E-state index in [4.69, 9.17) is 15.2 Å². The number of anilines is 1. The molecule has 5 N–H and O–H groups in total. The normalized spacial score (nSPS) is 24.3. The van der Waals surface area contributed by atoms with Crippen molar-refractivity contribution >= 4 is 11.7 Å². The summed E-state index contributed by atoms with van der Waals surface area (Å²) in [6.07, 6.45) is -8.32. The number of hydrogen-bond donors (Lipinski definition) is 4. The fraction of sp³-hybridized carbons (Fsp3) is 0.412. The molecule has 0 saturated carbocycles. The van der Waals surface area contributed by atoms with Crippen LogP contribution in [0.1, 0.15) is 16.2 Å². The number of aliphatic hydroxyl groups excluding tert-OH is 2. The van der Waals surface area contributed by atoms with E-state index < -0.39 is 42.1 Å². The predicted octanol–water partition coefficient (Wildman–Crippen LogP) is -0.0306. The van der Waals surface area contributed by atoms with Gasteiger partial charge in [0.2, 0.25) is 5.88 Å². The van der Waals surface area contributed by atoms with Gasteiger partial charge in [-0.15, -0.1) is 10.2 Å². The van der Waals surface area contributed by atoms with Crippen molar-refractivity contribution in [3.05, 3.63) is 41.7 Å². The molecule has 2 aromatic heterocycles. The van der Waals surface area contributed by atoms with Gasteiger partial charge in [0.05, 0.1) is 12.6 Å². The van der Waals surface area contributed by atoms with Gasteiger partial charge in [0.15, 0.2) is 5.69 Å². The van der Waals surface area contributed by atoms with Gasteiger partial charge in [0.25, 0.3) is 5.91 Å². The smallest absolute Gasteiger partial charge is 0.433 e. The minimum Gasteiger partial charge on any atom is -0.474 e. The maximum Gasteiger partial charge on any atom is 0.433 e. The fourth-order valence-electron chi connectivity index (χ4n) is 2.71. The van der Waals surface area contributed by atoms with E-state index in [9.17, 15) is 28.2 Å². The van der Waals surface area contributed by atoms with Crippen molar-refractivity contribution < 1.29 is 37.7 Å². The molecule has 1 amide bonds. The number of primary amides is 1. The molecule has 0 aromatic carbocycles. The number of amides is 1. The number of nitrogens with zero attached hydrogens (tertiary/aromatic N) is 3. The molecule has 1 aliphatic heterocycles. The maximum absolute atomic E-state index is 12.8. The second-order valence-electron chi connectivity index (χ2n) is 6.44. The molecule has 1 saturated heterocycles. The summed E-state index contributed by atoms with van der Waals surface area (Å²) in [6, 6.07) is 5.05. The summed E-state index contributed by atoms with van der Waals surface area (Å²) in [5, 5.41) is 30.4. The molecular weight excluding hydrogens is 411 g/mol. The Morgan fingerprint density at radius 2 is 2.00 bits per heavy atom. The summed E-state index contributed by atoms with van der Waals surface area (Å²) in [5.41, 5.74) is 3.92. The van der Waals surface area contributed by atoms with Crippen LogP contribution in [0.25, 0.3) is 0 Å². The summed E-state index contributed by atoms with van der Waals surface area (Å²) < 4.78 is 49.1. The third kappa shape index (κ3) is 5.11. The van der Waals surface area contributed by atoms with Gasteiger partial charge < -0.3 is 30.7 Å². The molecule has 0 aliphatic carbocycles. The first kappa shape index (κ1) is 21.7. The second kappa shape index (κ2) is 8.77. The average molecular weight is 429 g/mol. The molecule has 3 heterocycles. The van der Waals surface area contributed by atoms with Crippen LogP contribution in [0.2, 0.25) is 0 Å². The number of nitrogens with one attached hydrogen (secondary N) is 1. The number of carbonyl (C=O) groups is 1. The molecule has 1 fully saturated rings. The molecule has 1 aliphatic rings. The maximum atomic E-state index is 12.8. The number of carbonyl (C=O) groups excluding carboxylic acids is 1. The standard InChI is InChI=1S/C17H18F3N5O5/c18-17(19,20)11-2-1-3-12(23-11)22-9-6-29-10(15(27)14(9)26)7-30-13-5-4-8(16(21)28)24-25-13/h1-5,9-10,14-15,26-27H,6-7H2,(H2,21,28)(H,22,23)/t9-,10+,14+,15-/m0/s1. The van der Waals surface area contributed by atoms with Gasteiger partial charge in [0.1, 0.15) is 36.4 Å². The van der Waals surface area contributed by atoms with Crippen LogP contribution in [0, 0.1) is 0 Å². The van der Waals surface area contributed by atoms with Gasteiger partial charge in [-0.3, -0.25) is 4.79 Å². The Morgan fingerprint density at radius 1 is 1.23 bits per heavy atom. The van der Waals surface area contributed by atoms with Crippen LogP contribution < -0.4 is 15.8 Å². The molecular formula is C17H18F3N5O5. The van der Waals surface area contributed by atoms with Gasteiger partial charge in [-0.1, -0.05) is 6.07 Å². The van der Waals surface area contributed by atoms with Crippen LogP contribution in [0.15, 0.2) is 30.3 Å². The summed E-state index contributed by atoms with van der Waals surface area (Å²) in [5.74, 6) is -0.833. The van der Waals surface area contributed by atoms with Crippen molar-refractivity contribution in [2.24, 2.45) is 5.73 Å². The van der Waals surface area contributed by atoms with Crippen LogP contribution in [0.3, 0.4) is 0 Å². The molecule has 0 spiro atoms. The van der Waals surface area contributed by atoms with Crippen LogP contribution in [0.4, 0.5) is 19.0 Å². The molecule has 3 rings (SSSR count). The predicted molar refractivity (Wildman–Crippen MR) is 94.4 cm³/mol. The Labute approximate surface area is 167 Å². The Morgan fingerprint density at radius 3 is 2.63 bits per heavy atom. The Balaban J connectivity index is 1.57. The third-order valence-corrected chi connectivity index (χ3v) is 4.29. The number of halogens is 3. The number of aromatic nitrogens is 3. The quantitative estimate of drug-likeness (QED) is 0.496. The zero-order valence-electron chi connectivity index (χ0n) is 15.3. The number of nitrogens with two attached hydrogens (primary N) is 1. The van der Waals surface area contributed by atoms with Gasteiger partial charge in [-0.2, -0.15) is 13.2 Å². The second-order valence-corrected chi connectivity index (χ2v) is 6.44. The van der Waals surface area contributed by atoms with E-state index in [1.54, 1.807) is 0 Å². The van der Waals surface area contributed by atoms with E-state index in [0.29, 0.717) is 0 Å². The summed E-state index contributed by atoms with van der Waals surface area (Å²) >= 11 is 0. The highest BCUT2D eigenvalue weighted by atomic mass is 19.4. The number of alkyl halides is 3. The number of pyridine rings is 1. The van der Waals surface area contributed by atoms with Crippen LogP contribution >= 0.6 is 0 Å². The van der Waals surface area contributed by atoms with Crippen molar-refractivity contribution in [2.75, 3.05) is 18.5 Å². The number of rotatable bonds is 6. The highest BCUT2D eigenvalue weighted by Gasteiger charge is 2.39. The lowest BCUT2D eigenvalue weighted by Gasteiger charge is -2.37. The van der Waals surface area contributed by atoms with Gasteiger partial charge in [0, 0.05) is 6.07 Å². The first-order chi connectivity index (χ1) is 14.1. The van der Waals surface area contributed by atoms with E-state index in [0.717, 1.165) is 6.07 Å². The molecule has 13 heteroatoms. The summed E-state index contributed by atoms with van der Waals surface area (Å²) in [4.78, 5) is 14.4. The van der Waals surface area contributed by atoms with Crippen molar-refractivity contribution in [3.63, 3.8) is 0 Å². The molecule has 10 nitrogen and oxygen atoms in total. The van der Waals surface area contributed by atoms with Crippen LogP contribution in [0.5, 0.6) is 5.88 Å². The largest absolute Gasteiger partial charge is 0.474 e. The molecule has 4 atom stereocenters. The molecule has 2 aromatic rings. The zero-order chi connectivity index (χ0) is 21.9. The Kier molecular flexibility index (Phi) is 6.34. The first-order valence-electron chi connectivity index (χ1n) is 8.70. The monoisotopic (exact) mass is 429 g/mol. The number of hydrogen-bond acceptors (Lipinski definition) is 9. The Bertz CT molecular complexity index is 883. The summed E-state index contributed by atoms with van der Waals surface area (Å²) in [6.45, 7) is -0.326. The molecule has 0 bridgehead atoms. The van der Waals surface area contributed by atoms with Gasteiger partial charge in [-0.05, 0) is 18.2 Å². The van der Waals surface area contributed by atoms with E-state index in [1.807, 2.05) is 0 Å². The van der Waals surface area contributed by atoms with Gasteiger partial charge >= 0.3 is 6.18 Å². The minimum atomic E-state index is -4.61. The van der Waals surface area contributed by atoms with Crippen LogP contribution in [-0.2, 0) is 10.9 Å². The zero-order valence-corrected chi connectivity index (χ0v) is 15.3. The topological polar surface area (TPSA) is 153 Å². The first-order valence-corrected chi connectivity index (χ1v) is 8.70. The SMILES string of the molecule is NC(=O)c1ccc(OC[C@H]2OC[C@H](Nc3cccc(C(F)(F)F)n3)[C@@H](O)[C@H]2O)nn1. The van der Waals surface area contributed by atoms with E-state index in [2.05, 4.69) is 20.5 Å². The van der Waals surface area contributed by atoms with E-state index >= 15 is 0 Å². The lowest BCUT2D eigenvalue weighted by atomic mass is 9.98. The van der Waals surface area contributed by atoms with E-state index in [-0.39, 0.29) is 30.6 Å². The third-order valence-electron chi connectivity index (χ3n) is 4.29. The minimum absolute atomic E-state index is 0.0405. The van der Waals surface area contributed by atoms with Crippen molar-refractivity contribution in [3.8, 4) is 5.88 Å². The number of aliphatic hydroxyl groups is 2. The van der Waals surface area contributed by atoms with Gasteiger partial charge in [-0.25, -0.2) is 4.98 Å². The average Bonchev–Trinajstić information content (AvgIpc) is 2.71. The fourth-order valence-corrected chi connectivity index (χ4v) is 2.71. The van der Waals surface area contributed by atoms with Crippen molar-refractivity contribution in [1.29, 1.82) is 0 Å². The van der Waals surface area contributed by atoms with E-state index in [1.165, 1.54) is 24.3 Å². The molecule has 162 valence electrons. The lowest BCUT2D eigenvalue weighted by molar-refractivity contribution is -0.150. The highest BCUT2D eigenvalue weighted by molar-refractivity contribution is 5.90. The lowest BCUT2D eigenvalue weighted by Crippen LogP contribution is -2.57. The van der Waals surface area contributed by atoms with Crippen LogP contribution in [-0.4, -0.2) is 68.9 Å². The van der Waals surface area contributed by atoms with Crippen molar-refractivity contribution in [2.45, 2.75) is 30.5 Å². The molecule has 0 unspecified atom stereocenters. The van der Waals surface area contributed by atoms with Crippen molar-refractivity contribution in [1.82, 2.24) is 15.2 Å². The summed E-state index contributed by atoms with van der Waals surface area (Å²) in [7, 11) is 0. The number of ether oxygens (including phenoxy) is 2. The molecule has 30 heavy (non-hydrogen) atoms.